The van der Waals surface area contributed by atoms with Gasteiger partial charge < -0.3 is 20.1 Å². The molecule has 0 atom stereocenters. The van der Waals surface area contributed by atoms with Gasteiger partial charge in [0.25, 0.3) is 0 Å². The lowest BCUT2D eigenvalue weighted by Crippen LogP contribution is -2.17. The molecule has 5 nitrogen and oxygen atoms in total. The summed E-state index contributed by atoms with van der Waals surface area (Å²) in [5, 5.41) is 6.90. The quantitative estimate of drug-likeness (QED) is 0.0896. The number of hydrogen-bond donors (Lipinski definition) is 2. The first-order valence-electron chi connectivity index (χ1n) is 28.3. The van der Waals surface area contributed by atoms with Crippen molar-refractivity contribution < 1.29 is 9.47 Å². The van der Waals surface area contributed by atoms with Gasteiger partial charge in [0.2, 0.25) is 0 Å². The third kappa shape index (κ3) is 23.4. The van der Waals surface area contributed by atoms with Crippen LogP contribution < -0.4 is 15.4 Å². The summed E-state index contributed by atoms with van der Waals surface area (Å²) in [5.41, 5.74) is 15.9. The molecule has 5 aromatic heterocycles. The van der Waals surface area contributed by atoms with Crippen molar-refractivity contribution in [2.75, 3.05) is 12.4 Å². The van der Waals surface area contributed by atoms with Crippen LogP contribution in [0.2, 0.25) is 0 Å². The Morgan fingerprint density at radius 2 is 0.756 bits per heavy atom. The molecular weight excluding hydrogens is 1100 g/mol. The monoisotopic (exact) mass is 1190 g/mol. The van der Waals surface area contributed by atoms with E-state index in [4.69, 9.17) is 9.47 Å². The van der Waals surface area contributed by atoms with Crippen LogP contribution in [0.4, 0.5) is 5.69 Å². The van der Waals surface area contributed by atoms with Crippen LogP contribution in [-0.4, -0.2) is 11.9 Å². The number of nitrogens with one attached hydrogen (secondary N) is 2. The minimum Gasteiger partial charge on any atom is -0.489 e. The van der Waals surface area contributed by atoms with Gasteiger partial charge in [0.05, 0.1) is 13.2 Å². The Hall–Kier alpha value is -5.92. The first-order chi connectivity index (χ1) is 39.3. The lowest BCUT2D eigenvalue weighted by molar-refractivity contribution is 0.107. The van der Waals surface area contributed by atoms with E-state index in [0.29, 0.717) is 19.8 Å². The van der Waals surface area contributed by atoms with Crippen molar-refractivity contribution in [3.63, 3.8) is 0 Å². The molecule has 0 aliphatic heterocycles. The third-order valence-corrected chi connectivity index (χ3v) is 18.6. The van der Waals surface area contributed by atoms with Crippen LogP contribution >= 0.6 is 56.7 Å². The molecule has 10 heteroatoms. The highest BCUT2D eigenvalue weighted by molar-refractivity contribution is 7.13. The molecule has 5 aromatic carbocycles. The maximum Gasteiger partial charge on any atom is 0.119 e. The van der Waals surface area contributed by atoms with E-state index in [1.165, 1.54) is 116 Å². The maximum absolute atomic E-state index is 5.75. The Morgan fingerprint density at radius 1 is 0.354 bits per heavy atom. The van der Waals surface area contributed by atoms with Crippen LogP contribution in [0.3, 0.4) is 0 Å². The van der Waals surface area contributed by atoms with E-state index in [1.807, 2.05) is 87.0 Å². The molecule has 0 amide bonds. The minimum absolute atomic E-state index is 0.666. The van der Waals surface area contributed by atoms with Gasteiger partial charge in [0.15, 0.2) is 0 Å². The molecule has 82 heavy (non-hydrogen) atoms. The molecule has 0 bridgehead atoms. The fourth-order valence-corrected chi connectivity index (χ4v) is 13.7. The molecule has 10 aromatic rings. The summed E-state index contributed by atoms with van der Waals surface area (Å²) >= 11 is 9.30. The number of para-hydroxylation sites is 1. The summed E-state index contributed by atoms with van der Waals surface area (Å²) in [5.74, 6) is 0.939. The Balaban J connectivity index is 0.000000165. The number of hydrogen-bond acceptors (Lipinski definition) is 10. The zero-order chi connectivity index (χ0) is 59.0. The molecule has 0 spiro atoms. The minimum atomic E-state index is 0.666. The van der Waals surface area contributed by atoms with Gasteiger partial charge in [0.1, 0.15) is 12.4 Å². The molecule has 0 radical (unpaired) electrons. The molecule has 0 saturated carbocycles. The van der Waals surface area contributed by atoms with E-state index in [-0.39, 0.29) is 0 Å². The third-order valence-electron chi connectivity index (χ3n) is 13.5. The molecule has 0 aliphatic rings. The Bertz CT molecular complexity index is 3400. The zero-order valence-electron chi connectivity index (χ0n) is 51.1. The maximum atomic E-state index is 5.75. The van der Waals surface area contributed by atoms with Gasteiger partial charge in [-0.3, -0.25) is 4.90 Å². The standard InChI is InChI=1S/C16H21NS.C15H18OS.C14H17NS.C14H16OS.C13H15NS/c1-12-5-7-15(8-6-12)10-17(4)11-16-9-13(2)18-14(16)3;1-11-4-6-14(7-5-11)9-16-10-15-8-12(2)17-13(15)3;1-11-8-14(12(2)16-11)10-15-9-13-6-4-3-5-7-13;1-10-4-6-14(7-5-10)15-9-13-8-11(2)16-12(13)3;1-10-8-12(11(2)15-10)9-14-13-6-4-3-5-7-13/h5-9H,10-11H2,1-4H3;4-8H,9-10H2,1-3H3;3-8,15H,9-10H2,1-2H3;4-8H,9H2,1-3H3;3-8,14H,9H2,1-2H3. The summed E-state index contributed by atoms with van der Waals surface area (Å²) in [6, 6.07) is 57.6. The fourth-order valence-electron chi connectivity index (χ4n) is 9.01. The van der Waals surface area contributed by atoms with E-state index >= 15 is 0 Å². The second kappa shape index (κ2) is 34.0. The molecule has 10 rings (SSSR count). The normalized spacial score (nSPS) is 10.7. The number of aryl methyl sites for hydroxylation is 13. The first-order valence-corrected chi connectivity index (χ1v) is 32.3. The molecule has 432 valence electrons. The van der Waals surface area contributed by atoms with Crippen molar-refractivity contribution in [2.24, 2.45) is 0 Å². The Morgan fingerprint density at radius 3 is 1.22 bits per heavy atom. The van der Waals surface area contributed by atoms with E-state index in [1.54, 1.807) is 0 Å². The molecule has 0 fully saturated rings. The number of nitrogens with zero attached hydrogens (tertiary/aromatic N) is 1. The van der Waals surface area contributed by atoms with E-state index in [9.17, 15) is 0 Å². The van der Waals surface area contributed by atoms with Crippen LogP contribution in [0.15, 0.2) is 164 Å². The molecule has 5 heterocycles. The number of benzene rings is 5. The molecular formula is C72H87N3O2S5. The van der Waals surface area contributed by atoms with Crippen molar-refractivity contribution >= 4 is 62.4 Å². The number of rotatable bonds is 18. The smallest absolute Gasteiger partial charge is 0.119 e. The van der Waals surface area contributed by atoms with Crippen LogP contribution in [-0.2, 0) is 57.3 Å². The van der Waals surface area contributed by atoms with Crippen LogP contribution in [0, 0.1) is 90.0 Å². The van der Waals surface area contributed by atoms with Crippen LogP contribution in [0.1, 0.15) is 110 Å². The average Bonchev–Trinajstić information content (AvgIpc) is 4.32. The van der Waals surface area contributed by atoms with Gasteiger partial charge in [0, 0.05) is 92.7 Å². The number of thiophene rings is 5. The predicted molar refractivity (Wildman–Crippen MR) is 361 cm³/mol. The second-order valence-electron chi connectivity index (χ2n) is 21.2. The van der Waals surface area contributed by atoms with Gasteiger partial charge in [-0.25, -0.2) is 0 Å². The molecule has 0 unspecified atom stereocenters. The summed E-state index contributed by atoms with van der Waals surface area (Å²) in [6.45, 7) is 34.9. The molecule has 2 N–H and O–H groups in total. The Labute approximate surface area is 512 Å². The highest BCUT2D eigenvalue weighted by atomic mass is 32.1. The van der Waals surface area contributed by atoms with Crippen molar-refractivity contribution in [3.05, 3.63) is 274 Å². The average molecular weight is 1190 g/mol. The van der Waals surface area contributed by atoms with Gasteiger partial charge in [-0.1, -0.05) is 126 Å². The SMILES string of the molecule is Cc1cc(CNCc2ccccc2)c(C)s1.Cc1cc(CNc2ccccc2)c(C)s1.Cc1ccc(CN(C)Cc2cc(C)sc2C)cc1.Cc1ccc(COCc2cc(C)sc2C)cc1.Cc1ccc(OCc2cc(C)sc2C)cc1. The van der Waals surface area contributed by atoms with Gasteiger partial charge >= 0.3 is 0 Å². The number of anilines is 1. The van der Waals surface area contributed by atoms with Gasteiger partial charge in [-0.15, -0.1) is 56.7 Å². The highest BCUT2D eigenvalue weighted by Gasteiger charge is 2.09. The van der Waals surface area contributed by atoms with Crippen LogP contribution in [0.25, 0.3) is 0 Å². The summed E-state index contributed by atoms with van der Waals surface area (Å²) in [4.78, 5) is 16.3. The van der Waals surface area contributed by atoms with E-state index in [0.717, 1.165) is 38.5 Å². The first kappa shape index (κ1) is 65.2. The van der Waals surface area contributed by atoms with E-state index < -0.39 is 0 Å². The van der Waals surface area contributed by atoms with Crippen molar-refractivity contribution in [2.45, 2.75) is 143 Å². The highest BCUT2D eigenvalue weighted by Crippen LogP contribution is 2.26. The van der Waals surface area contributed by atoms with Crippen molar-refractivity contribution in [3.8, 4) is 5.75 Å². The summed E-state index contributed by atoms with van der Waals surface area (Å²) in [7, 11) is 2.19. The van der Waals surface area contributed by atoms with Gasteiger partial charge in [-0.2, -0.15) is 0 Å². The van der Waals surface area contributed by atoms with Crippen LogP contribution in [0.5, 0.6) is 5.75 Å². The fraction of sp³-hybridized carbons (Fsp3) is 0.306. The van der Waals surface area contributed by atoms with Gasteiger partial charge in [-0.05, 0) is 191 Å². The van der Waals surface area contributed by atoms with E-state index in [2.05, 4.69) is 246 Å². The molecule has 0 aliphatic carbocycles. The topological polar surface area (TPSA) is 45.8 Å². The second-order valence-corrected chi connectivity index (χ2v) is 28.5. The Kier molecular flexibility index (Phi) is 27.1. The zero-order valence-corrected chi connectivity index (χ0v) is 55.1. The van der Waals surface area contributed by atoms with Crippen molar-refractivity contribution in [1.82, 2.24) is 10.2 Å². The predicted octanol–water partition coefficient (Wildman–Crippen LogP) is 20.6. The van der Waals surface area contributed by atoms with Crippen molar-refractivity contribution in [1.29, 1.82) is 0 Å². The largest absolute Gasteiger partial charge is 0.489 e. The lowest BCUT2D eigenvalue weighted by Gasteiger charge is -2.16. The summed E-state index contributed by atoms with van der Waals surface area (Å²) < 4.78 is 11.5. The lowest BCUT2D eigenvalue weighted by atomic mass is 10.1. The number of ether oxygens (including phenoxy) is 2. The summed E-state index contributed by atoms with van der Waals surface area (Å²) in [6.07, 6.45) is 0. The molecule has 0 saturated heterocycles.